The van der Waals surface area contributed by atoms with Gasteiger partial charge in [0.25, 0.3) is 5.56 Å². The number of aliphatic hydroxyl groups excluding tert-OH is 2. The van der Waals surface area contributed by atoms with E-state index in [0.29, 0.717) is 12.2 Å². The molecule has 0 saturated carbocycles. The topological polar surface area (TPSA) is 106 Å². The fraction of sp³-hybridized carbons (Fsp3) is 0.375. The van der Waals surface area contributed by atoms with Crippen LogP contribution in [0.4, 0.5) is 5.69 Å². The number of rotatable bonds is 4. The summed E-state index contributed by atoms with van der Waals surface area (Å²) in [6.45, 7) is 0.175. The summed E-state index contributed by atoms with van der Waals surface area (Å²) in [4.78, 5) is 16.0. The highest BCUT2D eigenvalue weighted by Gasteiger charge is 2.51. The predicted molar refractivity (Wildman–Crippen MR) is 83.7 cm³/mol. The number of nitrogens with zero attached hydrogens (tertiary/aromatic N) is 2. The Morgan fingerprint density at radius 1 is 1.29 bits per heavy atom. The molecule has 1 aromatic heterocycles. The van der Waals surface area contributed by atoms with Crippen molar-refractivity contribution in [3.63, 3.8) is 0 Å². The van der Waals surface area contributed by atoms with Gasteiger partial charge in [-0.3, -0.25) is 9.36 Å². The molecule has 1 saturated heterocycles. The van der Waals surface area contributed by atoms with E-state index < -0.39 is 30.1 Å². The molecule has 2 aliphatic heterocycles. The third kappa shape index (κ3) is 2.44. The standard InChI is InChI=1S/C16H17N3O5/c20-8-11-12(21)13-15(23-11)19-7-10(14(22)18-16(19)24-13)17-6-9-4-2-1-3-5-9/h1-5,7,11-13,15,17,20-21H,6,8H2/t11-,12-,13+,15-/m1/s1. The van der Waals surface area contributed by atoms with Crippen molar-refractivity contribution < 1.29 is 19.7 Å². The molecule has 126 valence electrons. The highest BCUT2D eigenvalue weighted by molar-refractivity contribution is 5.41. The van der Waals surface area contributed by atoms with Crippen molar-refractivity contribution in [2.75, 3.05) is 11.9 Å². The van der Waals surface area contributed by atoms with Crippen LogP contribution in [-0.2, 0) is 11.3 Å². The summed E-state index contributed by atoms with van der Waals surface area (Å²) in [5.41, 5.74) is 0.909. The third-order valence-electron chi connectivity index (χ3n) is 4.25. The SMILES string of the molecule is O=c1nc2n(cc1NCc1ccccc1)[C@@H]1O[C@H](CO)[C@@H](O)[C@@H]1O2. The number of ether oxygens (including phenoxy) is 2. The number of aliphatic hydroxyl groups is 2. The summed E-state index contributed by atoms with van der Waals surface area (Å²) in [7, 11) is 0. The molecule has 0 spiro atoms. The van der Waals surface area contributed by atoms with Gasteiger partial charge in [-0.1, -0.05) is 30.3 Å². The van der Waals surface area contributed by atoms with Gasteiger partial charge in [0.1, 0.15) is 17.9 Å². The van der Waals surface area contributed by atoms with Gasteiger partial charge < -0.3 is 25.0 Å². The van der Waals surface area contributed by atoms with Crippen LogP contribution in [0.15, 0.2) is 41.3 Å². The maximum atomic E-state index is 12.1. The Hall–Kier alpha value is -2.42. The predicted octanol–water partition coefficient (Wildman–Crippen LogP) is -0.133. The van der Waals surface area contributed by atoms with Crippen molar-refractivity contribution in [2.45, 2.75) is 31.1 Å². The van der Waals surface area contributed by atoms with Gasteiger partial charge in [-0.15, -0.1) is 0 Å². The summed E-state index contributed by atoms with van der Waals surface area (Å²) in [6, 6.07) is 9.78. The van der Waals surface area contributed by atoms with Crippen LogP contribution >= 0.6 is 0 Å². The fourth-order valence-corrected chi connectivity index (χ4v) is 2.98. The molecular weight excluding hydrogens is 314 g/mol. The average Bonchev–Trinajstić information content (AvgIpc) is 3.10. The van der Waals surface area contributed by atoms with Crippen molar-refractivity contribution in [3.8, 4) is 6.01 Å². The van der Waals surface area contributed by atoms with Crippen LogP contribution in [0, 0.1) is 0 Å². The van der Waals surface area contributed by atoms with Gasteiger partial charge in [0.15, 0.2) is 12.3 Å². The van der Waals surface area contributed by atoms with Crippen molar-refractivity contribution in [1.82, 2.24) is 9.55 Å². The summed E-state index contributed by atoms with van der Waals surface area (Å²) in [6.07, 6.45) is -1.41. The Labute approximate surface area is 137 Å². The van der Waals surface area contributed by atoms with Crippen LogP contribution in [-0.4, -0.2) is 44.7 Å². The number of aromatic nitrogens is 2. The lowest BCUT2D eigenvalue weighted by molar-refractivity contribution is -0.0434. The molecule has 3 N–H and O–H groups in total. The molecule has 1 fully saturated rings. The Balaban J connectivity index is 1.58. The first-order chi connectivity index (χ1) is 11.7. The zero-order valence-electron chi connectivity index (χ0n) is 12.7. The Morgan fingerprint density at radius 2 is 2.08 bits per heavy atom. The van der Waals surface area contributed by atoms with Gasteiger partial charge in [0.2, 0.25) is 0 Å². The Bertz CT molecular complexity index is 794. The van der Waals surface area contributed by atoms with E-state index in [4.69, 9.17) is 9.47 Å². The molecule has 0 unspecified atom stereocenters. The van der Waals surface area contributed by atoms with Crippen molar-refractivity contribution in [1.29, 1.82) is 0 Å². The molecule has 2 aromatic rings. The minimum atomic E-state index is -0.975. The van der Waals surface area contributed by atoms with Crippen molar-refractivity contribution in [2.24, 2.45) is 0 Å². The van der Waals surface area contributed by atoms with Crippen LogP contribution in [0.2, 0.25) is 0 Å². The molecule has 0 amide bonds. The van der Waals surface area contributed by atoms with Gasteiger partial charge in [-0.25, -0.2) is 0 Å². The van der Waals surface area contributed by atoms with E-state index in [2.05, 4.69) is 10.3 Å². The molecular formula is C16H17N3O5. The van der Waals surface area contributed by atoms with E-state index in [9.17, 15) is 15.0 Å². The van der Waals surface area contributed by atoms with E-state index in [1.807, 2.05) is 30.3 Å². The van der Waals surface area contributed by atoms with Gasteiger partial charge in [-0.05, 0) is 5.56 Å². The second kappa shape index (κ2) is 5.90. The van der Waals surface area contributed by atoms with Crippen LogP contribution < -0.4 is 15.6 Å². The number of anilines is 1. The normalized spacial score (nSPS) is 27.4. The molecule has 8 nitrogen and oxygen atoms in total. The highest BCUT2D eigenvalue weighted by Crippen LogP contribution is 2.39. The number of hydrogen-bond donors (Lipinski definition) is 3. The van der Waals surface area contributed by atoms with E-state index in [1.54, 1.807) is 10.8 Å². The van der Waals surface area contributed by atoms with Gasteiger partial charge in [0.05, 0.1) is 6.61 Å². The lowest BCUT2D eigenvalue weighted by Crippen LogP contribution is -2.34. The summed E-state index contributed by atoms with van der Waals surface area (Å²) in [5, 5.41) is 22.4. The third-order valence-corrected chi connectivity index (χ3v) is 4.25. The van der Waals surface area contributed by atoms with E-state index in [0.717, 1.165) is 5.56 Å². The molecule has 4 rings (SSSR count). The molecule has 3 heterocycles. The lowest BCUT2D eigenvalue weighted by Gasteiger charge is -2.15. The average molecular weight is 331 g/mol. The van der Waals surface area contributed by atoms with E-state index >= 15 is 0 Å². The van der Waals surface area contributed by atoms with Crippen LogP contribution in [0.1, 0.15) is 11.8 Å². The molecule has 8 heteroatoms. The zero-order chi connectivity index (χ0) is 16.7. The zero-order valence-corrected chi connectivity index (χ0v) is 12.7. The quantitative estimate of drug-likeness (QED) is 0.716. The van der Waals surface area contributed by atoms with Gasteiger partial charge in [0, 0.05) is 12.7 Å². The van der Waals surface area contributed by atoms with Crippen LogP contribution in [0.25, 0.3) is 0 Å². The first-order valence-corrected chi connectivity index (χ1v) is 7.69. The van der Waals surface area contributed by atoms with Crippen molar-refractivity contribution in [3.05, 3.63) is 52.4 Å². The summed E-state index contributed by atoms with van der Waals surface area (Å²) >= 11 is 0. The molecule has 24 heavy (non-hydrogen) atoms. The molecule has 0 radical (unpaired) electrons. The monoisotopic (exact) mass is 331 g/mol. The second-order valence-electron chi connectivity index (χ2n) is 5.81. The van der Waals surface area contributed by atoms with Crippen LogP contribution in [0.3, 0.4) is 0 Å². The number of fused-ring (bicyclic) bond motifs is 3. The maximum absolute atomic E-state index is 12.1. The summed E-state index contributed by atoms with van der Waals surface area (Å²) in [5.74, 6) is 0. The number of hydrogen-bond acceptors (Lipinski definition) is 7. The smallest absolute Gasteiger partial charge is 0.302 e. The molecule has 0 bridgehead atoms. The Morgan fingerprint density at radius 3 is 2.83 bits per heavy atom. The number of nitrogens with one attached hydrogen (secondary N) is 1. The molecule has 1 aromatic carbocycles. The minimum Gasteiger partial charge on any atom is -0.453 e. The first kappa shape index (κ1) is 15.1. The minimum absolute atomic E-state index is 0.107. The Kier molecular flexibility index (Phi) is 3.72. The summed E-state index contributed by atoms with van der Waals surface area (Å²) < 4.78 is 12.7. The molecule has 2 aliphatic rings. The highest BCUT2D eigenvalue weighted by atomic mass is 16.6. The van der Waals surface area contributed by atoms with Gasteiger partial charge in [-0.2, -0.15) is 4.98 Å². The molecule has 4 atom stereocenters. The maximum Gasteiger partial charge on any atom is 0.302 e. The molecule has 0 aliphatic carbocycles. The largest absolute Gasteiger partial charge is 0.453 e. The fourth-order valence-electron chi connectivity index (χ4n) is 2.98. The lowest BCUT2D eigenvalue weighted by atomic mass is 10.1. The second-order valence-corrected chi connectivity index (χ2v) is 5.81. The van der Waals surface area contributed by atoms with E-state index in [-0.39, 0.29) is 12.6 Å². The van der Waals surface area contributed by atoms with Crippen LogP contribution in [0.5, 0.6) is 6.01 Å². The first-order valence-electron chi connectivity index (χ1n) is 7.69. The van der Waals surface area contributed by atoms with Gasteiger partial charge >= 0.3 is 6.01 Å². The number of benzene rings is 1. The van der Waals surface area contributed by atoms with E-state index in [1.165, 1.54) is 0 Å². The van der Waals surface area contributed by atoms with Crippen molar-refractivity contribution >= 4 is 5.69 Å².